The van der Waals surface area contributed by atoms with Gasteiger partial charge in [0.25, 0.3) is 0 Å². The zero-order valence-corrected chi connectivity index (χ0v) is 13.1. The van der Waals surface area contributed by atoms with Crippen LogP contribution in [0.15, 0.2) is 0 Å². The van der Waals surface area contributed by atoms with E-state index in [2.05, 4.69) is 35.9 Å². The Hall–Kier alpha value is -0.208. The Morgan fingerprint density at radius 3 is 1.33 bits per heavy atom. The van der Waals surface area contributed by atoms with Gasteiger partial charge in [0.05, 0.1) is 0 Å². The van der Waals surface area contributed by atoms with E-state index in [9.17, 15) is 0 Å². The van der Waals surface area contributed by atoms with Gasteiger partial charge < -0.3 is 47.4 Å². The summed E-state index contributed by atoms with van der Waals surface area (Å²) in [5, 5.41) is 23.4. The van der Waals surface area contributed by atoms with Gasteiger partial charge in [0.15, 0.2) is 0 Å². The molecule has 9 heteroatoms. The standard InChI is InChI=1S/C7H20N4.2CHNS.Cr/c8-2-6-10-4-1-5-11-7-3-9;2*2-1-3;/h10-11H,1-9H2;2*3H;/p-2. The summed E-state index contributed by atoms with van der Waals surface area (Å²) in [6.07, 6.45) is 1.14. The minimum absolute atomic E-state index is 0. The van der Waals surface area contributed by atoms with Crippen LogP contribution in [0, 0.1) is 21.3 Å². The molecule has 0 radical (unpaired) electrons. The average molecular weight is 328 g/mol. The first-order valence-corrected chi connectivity index (χ1v) is 5.90. The minimum atomic E-state index is 0. The maximum absolute atomic E-state index is 7.13. The van der Waals surface area contributed by atoms with Crippen LogP contribution in [0.25, 0.3) is 0 Å². The summed E-state index contributed by atoms with van der Waals surface area (Å²) in [5.41, 5.74) is 10.6. The average Bonchev–Trinajstić information content (AvgIpc) is 2.30. The largest absolute Gasteiger partial charge is 0.696 e. The zero-order chi connectivity index (χ0) is 13.8. The third-order valence-electron chi connectivity index (χ3n) is 1.35. The molecule has 0 heterocycles. The minimum Gasteiger partial charge on any atom is -0.696 e. The van der Waals surface area contributed by atoms with E-state index in [-0.39, 0.29) is 17.4 Å². The zero-order valence-electron chi connectivity index (χ0n) is 10.2. The number of nitrogens with one attached hydrogen (secondary N) is 2. The molecule has 0 unspecified atom stereocenters. The van der Waals surface area contributed by atoms with Crippen LogP contribution in [0.4, 0.5) is 0 Å². The molecule has 6 N–H and O–H groups in total. The molecule has 0 bridgehead atoms. The van der Waals surface area contributed by atoms with Crippen LogP contribution >= 0.6 is 0 Å². The van der Waals surface area contributed by atoms with Crippen LogP contribution in [0.2, 0.25) is 0 Å². The van der Waals surface area contributed by atoms with Gasteiger partial charge in [-0.05, 0) is 19.5 Å². The molecule has 0 aliphatic rings. The van der Waals surface area contributed by atoms with Gasteiger partial charge in [-0.25, -0.2) is 10.5 Å². The molecule has 0 atom stereocenters. The van der Waals surface area contributed by atoms with Gasteiger partial charge in [-0.3, -0.25) is 0 Å². The first-order chi connectivity index (χ1) is 8.24. The third kappa shape index (κ3) is 56.9. The summed E-state index contributed by atoms with van der Waals surface area (Å²) in [7, 11) is 0. The Bertz CT molecular complexity index is 174. The van der Waals surface area contributed by atoms with E-state index in [1.165, 1.54) is 10.8 Å². The summed E-state index contributed by atoms with van der Waals surface area (Å²) in [6.45, 7) is 5.34. The monoisotopic (exact) mass is 328 g/mol. The second-order valence-electron chi connectivity index (χ2n) is 2.61. The fourth-order valence-electron chi connectivity index (χ4n) is 0.793. The predicted molar refractivity (Wildman–Crippen MR) is 74.4 cm³/mol. The molecule has 0 saturated heterocycles. The first kappa shape index (κ1) is 26.4. The van der Waals surface area contributed by atoms with Gasteiger partial charge in [0.1, 0.15) is 0 Å². The van der Waals surface area contributed by atoms with E-state index in [0.29, 0.717) is 0 Å². The van der Waals surface area contributed by atoms with E-state index in [1.807, 2.05) is 0 Å². The van der Waals surface area contributed by atoms with Crippen molar-refractivity contribution in [2.75, 3.05) is 39.3 Å². The second-order valence-corrected chi connectivity index (χ2v) is 2.98. The predicted octanol–water partition coefficient (Wildman–Crippen LogP) is -1.50. The molecule has 0 aromatic heterocycles. The van der Waals surface area contributed by atoms with Crippen molar-refractivity contribution < 1.29 is 17.4 Å². The smallest absolute Gasteiger partial charge is 0.00745 e. The quantitative estimate of drug-likeness (QED) is 0.241. The molecule has 18 heavy (non-hydrogen) atoms. The molecule has 0 aromatic carbocycles. The summed E-state index contributed by atoms with van der Waals surface area (Å²) >= 11 is 7.40. The summed E-state index contributed by atoms with van der Waals surface area (Å²) in [4.78, 5) is 0. The molecule has 0 aliphatic carbocycles. The van der Waals surface area contributed by atoms with Gasteiger partial charge in [-0.15, -0.1) is 0 Å². The number of rotatable bonds is 8. The van der Waals surface area contributed by atoms with Gasteiger partial charge in [-0.2, -0.15) is 0 Å². The number of nitrogens with zero attached hydrogens (tertiary/aromatic N) is 2. The number of hydrogen-bond acceptors (Lipinski definition) is 8. The van der Waals surface area contributed by atoms with E-state index in [1.54, 1.807) is 0 Å². The molecular weight excluding hydrogens is 308 g/mol. The summed E-state index contributed by atoms with van der Waals surface area (Å²) in [5.74, 6) is 0. The van der Waals surface area contributed by atoms with Crippen molar-refractivity contribution in [3.63, 3.8) is 0 Å². The SMILES string of the molecule is N#C[S-].N#C[S-].NCCNCCCNCCN.[Cr]. The topological polar surface area (TPSA) is 124 Å². The van der Waals surface area contributed by atoms with Gasteiger partial charge >= 0.3 is 0 Å². The number of nitriles is 2. The van der Waals surface area contributed by atoms with Crippen molar-refractivity contribution in [3.05, 3.63) is 0 Å². The fourth-order valence-corrected chi connectivity index (χ4v) is 0.793. The van der Waals surface area contributed by atoms with Crippen LogP contribution in [0.1, 0.15) is 6.42 Å². The van der Waals surface area contributed by atoms with Crippen LogP contribution in [-0.2, 0) is 42.6 Å². The molecular formula is C9H20CrN6S2-2. The Labute approximate surface area is 131 Å². The molecule has 0 aromatic rings. The van der Waals surface area contributed by atoms with Crippen molar-refractivity contribution in [1.29, 1.82) is 10.5 Å². The van der Waals surface area contributed by atoms with Crippen molar-refractivity contribution in [2.45, 2.75) is 6.42 Å². The van der Waals surface area contributed by atoms with E-state index >= 15 is 0 Å². The van der Waals surface area contributed by atoms with E-state index in [4.69, 9.17) is 22.0 Å². The normalized spacial score (nSPS) is 7.11. The Morgan fingerprint density at radius 2 is 1.11 bits per heavy atom. The molecule has 0 rings (SSSR count). The van der Waals surface area contributed by atoms with Crippen LogP contribution in [0.5, 0.6) is 0 Å². The maximum atomic E-state index is 7.13. The number of nitrogens with two attached hydrogens (primary N) is 2. The maximum Gasteiger partial charge on any atom is 0.00745 e. The number of thiocyanates is 2. The molecule has 0 saturated carbocycles. The molecule has 6 nitrogen and oxygen atoms in total. The second kappa shape index (κ2) is 36.0. The Morgan fingerprint density at radius 1 is 0.833 bits per heavy atom. The Kier molecular flexibility index (Phi) is 52.7. The summed E-state index contributed by atoms with van der Waals surface area (Å²) < 4.78 is 0. The molecule has 106 valence electrons. The summed E-state index contributed by atoms with van der Waals surface area (Å²) in [6, 6.07) is 0. The molecule has 0 amide bonds. The van der Waals surface area contributed by atoms with Gasteiger partial charge in [-0.1, -0.05) is 10.8 Å². The van der Waals surface area contributed by atoms with E-state index in [0.717, 1.165) is 45.7 Å². The van der Waals surface area contributed by atoms with Gasteiger partial charge in [0, 0.05) is 43.5 Å². The molecule has 0 aliphatic heterocycles. The fraction of sp³-hybridized carbons (Fsp3) is 0.778. The van der Waals surface area contributed by atoms with Crippen molar-refractivity contribution in [1.82, 2.24) is 10.6 Å². The van der Waals surface area contributed by atoms with Crippen molar-refractivity contribution >= 4 is 25.3 Å². The molecule has 0 spiro atoms. The first-order valence-electron chi connectivity index (χ1n) is 5.09. The van der Waals surface area contributed by atoms with Crippen molar-refractivity contribution in [3.8, 4) is 10.8 Å². The van der Waals surface area contributed by atoms with Crippen LogP contribution in [0.3, 0.4) is 0 Å². The van der Waals surface area contributed by atoms with Crippen LogP contribution in [-0.4, -0.2) is 39.3 Å². The Balaban J connectivity index is -0.000000119. The molecule has 0 fully saturated rings. The van der Waals surface area contributed by atoms with E-state index < -0.39 is 0 Å². The van der Waals surface area contributed by atoms with Gasteiger partial charge in [0.2, 0.25) is 0 Å². The number of hydrogen-bond donors (Lipinski definition) is 4. The third-order valence-corrected chi connectivity index (χ3v) is 1.35. The van der Waals surface area contributed by atoms with Crippen LogP contribution < -0.4 is 22.1 Å². The van der Waals surface area contributed by atoms with Crippen molar-refractivity contribution in [2.24, 2.45) is 11.5 Å².